The van der Waals surface area contributed by atoms with Crippen LogP contribution in [0.5, 0.6) is 0 Å². The van der Waals surface area contributed by atoms with Gasteiger partial charge in [0, 0.05) is 18.0 Å². The number of rotatable bonds is 5. The van der Waals surface area contributed by atoms with Crippen LogP contribution in [-0.4, -0.2) is 12.0 Å². The Bertz CT molecular complexity index is 485. The molecule has 2 rings (SSSR count). The van der Waals surface area contributed by atoms with E-state index in [9.17, 15) is 0 Å². The zero-order valence-corrected chi connectivity index (χ0v) is 11.6. The first-order valence-electron chi connectivity index (χ1n) is 6.09. The summed E-state index contributed by atoms with van der Waals surface area (Å²) in [5.74, 6) is 0.964. The van der Waals surface area contributed by atoms with Crippen molar-refractivity contribution in [3.8, 4) is 0 Å². The van der Waals surface area contributed by atoms with Crippen molar-refractivity contribution in [1.29, 1.82) is 0 Å². The van der Waals surface area contributed by atoms with Crippen LogP contribution in [0.4, 0.5) is 0 Å². The van der Waals surface area contributed by atoms with Gasteiger partial charge in [-0.2, -0.15) is 0 Å². The number of hydrogen-bond donors (Lipinski definition) is 1. The highest BCUT2D eigenvalue weighted by atomic mass is 32.2. The summed E-state index contributed by atoms with van der Waals surface area (Å²) in [4.78, 5) is 4.41. The second kappa shape index (κ2) is 6.57. The van der Waals surface area contributed by atoms with Crippen LogP contribution in [0.1, 0.15) is 24.1 Å². The summed E-state index contributed by atoms with van der Waals surface area (Å²) >= 11 is 1.78. The highest BCUT2D eigenvalue weighted by Crippen LogP contribution is 2.23. The molecule has 1 N–H and O–H groups in total. The Balaban J connectivity index is 2.01. The monoisotopic (exact) mass is 258 g/mol. The third kappa shape index (κ3) is 3.59. The molecule has 18 heavy (non-hydrogen) atoms. The third-order valence-corrected chi connectivity index (χ3v) is 3.92. The first kappa shape index (κ1) is 13.1. The van der Waals surface area contributed by atoms with E-state index in [-0.39, 0.29) is 0 Å². The van der Waals surface area contributed by atoms with E-state index in [0.29, 0.717) is 6.04 Å². The van der Waals surface area contributed by atoms with Crippen LogP contribution in [0.2, 0.25) is 0 Å². The number of hydrogen-bond acceptors (Lipinski definition) is 3. The zero-order valence-electron chi connectivity index (χ0n) is 10.8. The number of nitrogens with zero attached hydrogens (tertiary/aromatic N) is 1. The van der Waals surface area contributed by atoms with Crippen molar-refractivity contribution in [3.05, 3.63) is 59.8 Å². The van der Waals surface area contributed by atoms with Crippen LogP contribution >= 0.6 is 11.8 Å². The first-order chi connectivity index (χ1) is 8.79. The Morgan fingerprint density at radius 3 is 2.72 bits per heavy atom. The molecule has 2 aromatic rings. The van der Waals surface area contributed by atoms with Crippen LogP contribution in [0.25, 0.3) is 0 Å². The van der Waals surface area contributed by atoms with Gasteiger partial charge in [-0.3, -0.25) is 0 Å². The number of benzene rings is 1. The van der Waals surface area contributed by atoms with Gasteiger partial charge in [-0.05, 0) is 37.2 Å². The van der Waals surface area contributed by atoms with Crippen LogP contribution in [0, 0.1) is 0 Å². The van der Waals surface area contributed by atoms with Gasteiger partial charge < -0.3 is 5.32 Å². The predicted octanol–water partition coefficient (Wildman–Crippen LogP) is 3.65. The molecule has 1 atom stereocenters. The normalized spacial score (nSPS) is 12.3. The predicted molar refractivity (Wildman–Crippen MR) is 77.7 cm³/mol. The van der Waals surface area contributed by atoms with Crippen molar-refractivity contribution in [2.24, 2.45) is 0 Å². The summed E-state index contributed by atoms with van der Waals surface area (Å²) in [6.45, 7) is 2.15. The topological polar surface area (TPSA) is 24.9 Å². The SMILES string of the molecule is CNC(C)c1ccnc(SCc2ccccc2)c1. The molecular formula is C15H18N2S. The minimum atomic E-state index is 0.365. The molecule has 1 aromatic heterocycles. The molecule has 3 heteroatoms. The molecule has 1 unspecified atom stereocenters. The second-order valence-electron chi connectivity index (χ2n) is 4.21. The van der Waals surface area contributed by atoms with Crippen LogP contribution < -0.4 is 5.32 Å². The first-order valence-corrected chi connectivity index (χ1v) is 7.08. The maximum absolute atomic E-state index is 4.41. The molecule has 0 bridgehead atoms. The summed E-state index contributed by atoms with van der Waals surface area (Å²) in [5, 5.41) is 4.33. The Morgan fingerprint density at radius 1 is 1.22 bits per heavy atom. The molecule has 0 aliphatic rings. The van der Waals surface area contributed by atoms with Crippen molar-refractivity contribution < 1.29 is 0 Å². The van der Waals surface area contributed by atoms with Crippen molar-refractivity contribution in [3.63, 3.8) is 0 Å². The minimum absolute atomic E-state index is 0.365. The van der Waals surface area contributed by atoms with E-state index in [1.807, 2.05) is 19.3 Å². The summed E-state index contributed by atoms with van der Waals surface area (Å²) in [6.07, 6.45) is 1.89. The lowest BCUT2D eigenvalue weighted by molar-refractivity contribution is 0.649. The fourth-order valence-corrected chi connectivity index (χ4v) is 2.53. The molecule has 0 saturated heterocycles. The van der Waals surface area contributed by atoms with E-state index < -0.39 is 0 Å². The van der Waals surface area contributed by atoms with Gasteiger partial charge in [-0.1, -0.05) is 30.3 Å². The molecule has 0 spiro atoms. The van der Waals surface area contributed by atoms with E-state index in [2.05, 4.69) is 53.6 Å². The molecule has 2 nitrogen and oxygen atoms in total. The fraction of sp³-hybridized carbons (Fsp3) is 0.267. The standard InChI is InChI=1S/C15H18N2S/c1-12(16-2)14-8-9-17-15(10-14)18-11-13-6-4-3-5-7-13/h3-10,12,16H,11H2,1-2H3. The highest BCUT2D eigenvalue weighted by Gasteiger charge is 2.04. The summed E-state index contributed by atoms with van der Waals surface area (Å²) in [6, 6.07) is 15.1. The molecule has 94 valence electrons. The van der Waals surface area contributed by atoms with Crippen molar-refractivity contribution >= 4 is 11.8 Å². The van der Waals surface area contributed by atoms with E-state index in [1.165, 1.54) is 11.1 Å². The number of thioether (sulfide) groups is 1. The molecule has 0 radical (unpaired) electrons. The Labute approximate surface area is 113 Å². The molecular weight excluding hydrogens is 240 g/mol. The highest BCUT2D eigenvalue weighted by molar-refractivity contribution is 7.98. The number of aromatic nitrogens is 1. The number of nitrogens with one attached hydrogen (secondary N) is 1. The molecule has 1 heterocycles. The lowest BCUT2D eigenvalue weighted by atomic mass is 10.1. The van der Waals surface area contributed by atoms with Gasteiger partial charge in [-0.25, -0.2) is 4.98 Å². The Morgan fingerprint density at radius 2 is 2.00 bits per heavy atom. The molecule has 1 aromatic carbocycles. The smallest absolute Gasteiger partial charge is 0.0966 e. The largest absolute Gasteiger partial charge is 0.313 e. The van der Waals surface area contributed by atoms with Crippen LogP contribution in [0.3, 0.4) is 0 Å². The molecule has 0 aliphatic heterocycles. The molecule has 0 saturated carbocycles. The van der Waals surface area contributed by atoms with Crippen LogP contribution in [-0.2, 0) is 5.75 Å². The van der Waals surface area contributed by atoms with Gasteiger partial charge in [0.15, 0.2) is 0 Å². The van der Waals surface area contributed by atoms with Gasteiger partial charge in [0.25, 0.3) is 0 Å². The Hall–Kier alpha value is -1.32. The Kier molecular flexibility index (Phi) is 4.79. The average Bonchev–Trinajstić information content (AvgIpc) is 2.45. The molecule has 0 fully saturated rings. The lowest BCUT2D eigenvalue weighted by Crippen LogP contribution is -2.12. The lowest BCUT2D eigenvalue weighted by Gasteiger charge is -2.11. The maximum Gasteiger partial charge on any atom is 0.0966 e. The summed E-state index contributed by atoms with van der Waals surface area (Å²) in [7, 11) is 1.97. The summed E-state index contributed by atoms with van der Waals surface area (Å²) in [5.41, 5.74) is 2.61. The van der Waals surface area contributed by atoms with E-state index in [4.69, 9.17) is 0 Å². The van der Waals surface area contributed by atoms with Gasteiger partial charge in [0.05, 0.1) is 5.03 Å². The van der Waals surface area contributed by atoms with Gasteiger partial charge >= 0.3 is 0 Å². The maximum atomic E-state index is 4.41. The number of pyridine rings is 1. The van der Waals surface area contributed by atoms with Crippen LogP contribution in [0.15, 0.2) is 53.7 Å². The quantitative estimate of drug-likeness (QED) is 0.829. The zero-order chi connectivity index (χ0) is 12.8. The molecule has 0 amide bonds. The summed E-state index contributed by atoms with van der Waals surface area (Å²) < 4.78 is 0. The van der Waals surface area contributed by atoms with Crippen molar-refractivity contribution in [1.82, 2.24) is 10.3 Å². The van der Waals surface area contributed by atoms with E-state index in [1.54, 1.807) is 11.8 Å². The molecule has 0 aliphatic carbocycles. The van der Waals surface area contributed by atoms with Crippen molar-refractivity contribution in [2.75, 3.05) is 7.05 Å². The third-order valence-electron chi connectivity index (χ3n) is 2.92. The van der Waals surface area contributed by atoms with Gasteiger partial charge in [-0.15, -0.1) is 11.8 Å². The fourth-order valence-electron chi connectivity index (χ4n) is 1.67. The van der Waals surface area contributed by atoms with Gasteiger partial charge in [0.2, 0.25) is 0 Å². The minimum Gasteiger partial charge on any atom is -0.313 e. The second-order valence-corrected chi connectivity index (χ2v) is 5.21. The average molecular weight is 258 g/mol. The van der Waals surface area contributed by atoms with Crippen molar-refractivity contribution in [2.45, 2.75) is 23.7 Å². The van der Waals surface area contributed by atoms with E-state index in [0.717, 1.165) is 10.8 Å². The van der Waals surface area contributed by atoms with E-state index >= 15 is 0 Å². The van der Waals surface area contributed by atoms with Gasteiger partial charge in [0.1, 0.15) is 0 Å².